The molecule has 1 aromatic rings. The molecule has 6 heteroatoms. The summed E-state index contributed by atoms with van der Waals surface area (Å²) in [7, 11) is 0. The predicted molar refractivity (Wildman–Crippen MR) is 71.3 cm³/mol. The van der Waals surface area contributed by atoms with E-state index in [9.17, 15) is 9.59 Å². The number of carbonyl (C=O) groups excluding carboxylic acids is 2. The highest BCUT2D eigenvalue weighted by Crippen LogP contribution is 2.29. The van der Waals surface area contributed by atoms with Gasteiger partial charge in [-0.1, -0.05) is 0 Å². The number of aromatic nitrogens is 1. The van der Waals surface area contributed by atoms with Gasteiger partial charge in [0.2, 0.25) is 11.8 Å². The monoisotopic (exact) mass is 275 g/mol. The van der Waals surface area contributed by atoms with Crippen LogP contribution < -0.4 is 10.1 Å². The van der Waals surface area contributed by atoms with E-state index in [0.29, 0.717) is 37.7 Å². The highest BCUT2D eigenvalue weighted by molar-refractivity contribution is 5.97. The molecule has 0 radical (unpaired) electrons. The Morgan fingerprint density at radius 2 is 2.40 bits per heavy atom. The summed E-state index contributed by atoms with van der Waals surface area (Å²) in [5, 5.41) is 2.84. The highest BCUT2D eigenvalue weighted by Gasteiger charge is 2.44. The van der Waals surface area contributed by atoms with Crippen LogP contribution in [0.1, 0.15) is 17.3 Å². The van der Waals surface area contributed by atoms with Gasteiger partial charge in [0, 0.05) is 31.7 Å². The summed E-state index contributed by atoms with van der Waals surface area (Å²) in [5.74, 6) is 0.483. The molecule has 0 aliphatic carbocycles. The fourth-order valence-corrected chi connectivity index (χ4v) is 2.88. The molecule has 3 heterocycles. The van der Waals surface area contributed by atoms with Gasteiger partial charge in [0.05, 0.1) is 12.5 Å². The topological polar surface area (TPSA) is 71.5 Å². The normalized spacial score (nSPS) is 24.4. The molecule has 3 rings (SSSR count). The van der Waals surface area contributed by atoms with Crippen molar-refractivity contribution >= 4 is 11.8 Å². The molecule has 2 atom stereocenters. The van der Waals surface area contributed by atoms with Crippen molar-refractivity contribution < 1.29 is 14.3 Å². The predicted octanol–water partition coefficient (Wildman–Crippen LogP) is 0.298. The van der Waals surface area contributed by atoms with Crippen molar-refractivity contribution in [3.63, 3.8) is 0 Å². The third-order valence-corrected chi connectivity index (χ3v) is 3.89. The van der Waals surface area contributed by atoms with Gasteiger partial charge in [0.25, 0.3) is 5.91 Å². The van der Waals surface area contributed by atoms with E-state index in [0.717, 1.165) is 0 Å². The standard InChI is InChI=1S/C14H17N3O3/c1-2-20-13-10(4-3-5-15-13)14(19)17-7-9-6-16-12(18)11(9)8-17/h3-5,9,11H,2,6-8H2,1H3,(H,16,18)/t9-,11+/m0/s1. The lowest BCUT2D eigenvalue weighted by atomic mass is 10.0. The van der Waals surface area contributed by atoms with Crippen LogP contribution in [0.5, 0.6) is 5.88 Å². The quantitative estimate of drug-likeness (QED) is 0.861. The van der Waals surface area contributed by atoms with Crippen LogP contribution in [0.2, 0.25) is 0 Å². The van der Waals surface area contributed by atoms with Gasteiger partial charge in [-0.15, -0.1) is 0 Å². The molecule has 0 saturated carbocycles. The number of fused-ring (bicyclic) bond motifs is 1. The Kier molecular flexibility index (Phi) is 3.30. The lowest BCUT2D eigenvalue weighted by Gasteiger charge is -2.18. The smallest absolute Gasteiger partial charge is 0.259 e. The number of likely N-dealkylation sites (tertiary alicyclic amines) is 1. The number of hydrogen-bond acceptors (Lipinski definition) is 4. The van der Waals surface area contributed by atoms with E-state index in [1.165, 1.54) is 0 Å². The molecular formula is C14H17N3O3. The molecule has 2 amide bonds. The zero-order valence-electron chi connectivity index (χ0n) is 11.3. The number of hydrogen-bond donors (Lipinski definition) is 1. The molecule has 1 aromatic heterocycles. The summed E-state index contributed by atoms with van der Waals surface area (Å²) in [6.07, 6.45) is 1.61. The van der Waals surface area contributed by atoms with Gasteiger partial charge < -0.3 is 15.0 Å². The summed E-state index contributed by atoms with van der Waals surface area (Å²) in [5.41, 5.74) is 0.467. The second-order valence-corrected chi connectivity index (χ2v) is 5.11. The van der Waals surface area contributed by atoms with Crippen LogP contribution in [0.25, 0.3) is 0 Å². The lowest BCUT2D eigenvalue weighted by molar-refractivity contribution is -0.122. The number of ether oxygens (including phenoxy) is 1. The minimum absolute atomic E-state index is 0.0570. The number of nitrogens with one attached hydrogen (secondary N) is 1. The van der Waals surface area contributed by atoms with E-state index >= 15 is 0 Å². The van der Waals surface area contributed by atoms with Crippen LogP contribution >= 0.6 is 0 Å². The van der Waals surface area contributed by atoms with Gasteiger partial charge in [-0.3, -0.25) is 9.59 Å². The van der Waals surface area contributed by atoms with Crippen LogP contribution in [0.15, 0.2) is 18.3 Å². The van der Waals surface area contributed by atoms with Crippen molar-refractivity contribution in [2.45, 2.75) is 6.92 Å². The SMILES string of the molecule is CCOc1ncccc1C(=O)N1C[C@@H]2CNC(=O)[C@@H]2C1. The Balaban J connectivity index is 1.79. The lowest BCUT2D eigenvalue weighted by Crippen LogP contribution is -2.33. The number of carbonyl (C=O) groups is 2. The summed E-state index contributed by atoms with van der Waals surface area (Å²) in [4.78, 5) is 30.0. The van der Waals surface area contributed by atoms with Gasteiger partial charge in [-0.25, -0.2) is 4.98 Å². The van der Waals surface area contributed by atoms with Crippen LogP contribution in [0, 0.1) is 11.8 Å². The van der Waals surface area contributed by atoms with E-state index in [1.54, 1.807) is 23.2 Å². The van der Waals surface area contributed by atoms with Crippen molar-refractivity contribution in [2.75, 3.05) is 26.2 Å². The molecule has 6 nitrogen and oxygen atoms in total. The minimum atomic E-state index is -0.108. The van der Waals surface area contributed by atoms with Gasteiger partial charge in [-0.05, 0) is 19.1 Å². The maximum absolute atomic E-state index is 12.6. The Labute approximate surface area is 117 Å². The van der Waals surface area contributed by atoms with Crippen molar-refractivity contribution in [2.24, 2.45) is 11.8 Å². The van der Waals surface area contributed by atoms with Crippen LogP contribution in [0.4, 0.5) is 0 Å². The third-order valence-electron chi connectivity index (χ3n) is 3.89. The van der Waals surface area contributed by atoms with Crippen molar-refractivity contribution in [3.05, 3.63) is 23.9 Å². The van der Waals surface area contributed by atoms with Gasteiger partial charge in [0.1, 0.15) is 5.56 Å². The summed E-state index contributed by atoms with van der Waals surface area (Å²) >= 11 is 0. The zero-order valence-corrected chi connectivity index (χ0v) is 11.3. The number of amides is 2. The second-order valence-electron chi connectivity index (χ2n) is 5.11. The second kappa shape index (κ2) is 5.11. The first-order chi connectivity index (χ1) is 9.70. The minimum Gasteiger partial charge on any atom is -0.477 e. The van der Waals surface area contributed by atoms with Gasteiger partial charge in [-0.2, -0.15) is 0 Å². The molecule has 0 spiro atoms. The van der Waals surface area contributed by atoms with Gasteiger partial charge in [0.15, 0.2) is 0 Å². The molecule has 2 aliphatic heterocycles. The van der Waals surface area contributed by atoms with Crippen molar-refractivity contribution in [1.82, 2.24) is 15.2 Å². The Hall–Kier alpha value is -2.11. The van der Waals surface area contributed by atoms with Crippen molar-refractivity contribution in [3.8, 4) is 5.88 Å². The van der Waals surface area contributed by atoms with Crippen LogP contribution in [0.3, 0.4) is 0 Å². The van der Waals surface area contributed by atoms with E-state index in [2.05, 4.69) is 10.3 Å². The number of pyridine rings is 1. The first-order valence-electron chi connectivity index (χ1n) is 6.85. The fourth-order valence-electron chi connectivity index (χ4n) is 2.88. The molecule has 1 N–H and O–H groups in total. The first-order valence-corrected chi connectivity index (χ1v) is 6.85. The maximum atomic E-state index is 12.6. The average Bonchev–Trinajstić information content (AvgIpc) is 3.02. The molecule has 106 valence electrons. The largest absolute Gasteiger partial charge is 0.477 e. The average molecular weight is 275 g/mol. The molecule has 2 fully saturated rings. The molecule has 2 saturated heterocycles. The molecule has 20 heavy (non-hydrogen) atoms. The molecular weight excluding hydrogens is 258 g/mol. The maximum Gasteiger partial charge on any atom is 0.259 e. The van der Waals surface area contributed by atoms with Crippen LogP contribution in [-0.2, 0) is 4.79 Å². The summed E-state index contributed by atoms with van der Waals surface area (Å²) in [6.45, 7) is 4.08. The zero-order chi connectivity index (χ0) is 14.1. The number of nitrogens with zero attached hydrogens (tertiary/aromatic N) is 2. The summed E-state index contributed by atoms with van der Waals surface area (Å²) < 4.78 is 5.39. The number of rotatable bonds is 3. The van der Waals surface area contributed by atoms with Crippen molar-refractivity contribution in [1.29, 1.82) is 0 Å². The third kappa shape index (κ3) is 2.11. The molecule has 0 unspecified atom stereocenters. The van der Waals surface area contributed by atoms with E-state index < -0.39 is 0 Å². The highest BCUT2D eigenvalue weighted by atomic mass is 16.5. The Morgan fingerprint density at radius 1 is 1.55 bits per heavy atom. The first kappa shape index (κ1) is 12.9. The van der Waals surface area contributed by atoms with E-state index in [1.807, 2.05) is 6.92 Å². The molecule has 0 bridgehead atoms. The van der Waals surface area contributed by atoms with E-state index in [4.69, 9.17) is 4.74 Å². The van der Waals surface area contributed by atoms with E-state index in [-0.39, 0.29) is 23.7 Å². The molecule has 0 aromatic carbocycles. The fraction of sp³-hybridized carbons (Fsp3) is 0.500. The summed E-state index contributed by atoms with van der Waals surface area (Å²) in [6, 6.07) is 3.44. The molecule has 2 aliphatic rings. The van der Waals surface area contributed by atoms with Crippen LogP contribution in [-0.4, -0.2) is 47.9 Å². The van der Waals surface area contributed by atoms with Gasteiger partial charge >= 0.3 is 0 Å². The Morgan fingerprint density at radius 3 is 3.15 bits per heavy atom. The Bertz CT molecular complexity index is 546.